The first-order chi connectivity index (χ1) is 16.3. The lowest BCUT2D eigenvalue weighted by atomic mass is 10.0. The van der Waals surface area contributed by atoms with Crippen molar-refractivity contribution >= 4 is 29.1 Å². The summed E-state index contributed by atoms with van der Waals surface area (Å²) in [5.41, 5.74) is 4.66. The van der Waals surface area contributed by atoms with Gasteiger partial charge in [0.05, 0.1) is 6.04 Å². The van der Waals surface area contributed by atoms with Crippen LogP contribution in [0.5, 0.6) is 0 Å². The summed E-state index contributed by atoms with van der Waals surface area (Å²) in [5.74, 6) is -1.14. The van der Waals surface area contributed by atoms with E-state index in [9.17, 15) is 14.4 Å². The number of para-hydroxylation sites is 1. The first kappa shape index (κ1) is 23.6. The zero-order chi connectivity index (χ0) is 24.2. The van der Waals surface area contributed by atoms with E-state index < -0.39 is 11.8 Å². The molecule has 0 saturated carbocycles. The maximum Gasteiger partial charge on any atom is 0.312 e. The summed E-state index contributed by atoms with van der Waals surface area (Å²) in [5, 5.41) is 2.89. The topological polar surface area (TPSA) is 76.2 Å². The molecule has 2 aromatic carbocycles. The van der Waals surface area contributed by atoms with Gasteiger partial charge in [0.15, 0.2) is 0 Å². The van der Waals surface area contributed by atoms with Crippen LogP contribution in [0, 0.1) is 0 Å². The molecule has 8 nitrogen and oxygen atoms in total. The van der Waals surface area contributed by atoms with Crippen LogP contribution in [0.2, 0.25) is 0 Å². The first-order valence-electron chi connectivity index (χ1n) is 11.8. The second-order valence-corrected chi connectivity index (χ2v) is 9.08. The number of fused-ring (bicyclic) bond motifs is 1. The van der Waals surface area contributed by atoms with Gasteiger partial charge in [-0.2, -0.15) is 0 Å². The Morgan fingerprint density at radius 3 is 2.21 bits per heavy atom. The van der Waals surface area contributed by atoms with Gasteiger partial charge in [0.25, 0.3) is 0 Å². The highest BCUT2D eigenvalue weighted by atomic mass is 16.2. The molecule has 2 aromatic rings. The van der Waals surface area contributed by atoms with E-state index in [0.717, 1.165) is 24.2 Å². The predicted octanol–water partition coefficient (Wildman–Crippen LogP) is 1.66. The molecule has 0 radical (unpaired) electrons. The van der Waals surface area contributed by atoms with Gasteiger partial charge in [0, 0.05) is 71.7 Å². The van der Waals surface area contributed by atoms with E-state index in [2.05, 4.69) is 57.6 Å². The highest BCUT2D eigenvalue weighted by Crippen LogP contribution is 2.35. The van der Waals surface area contributed by atoms with Crippen LogP contribution < -0.4 is 15.1 Å². The van der Waals surface area contributed by atoms with Gasteiger partial charge < -0.3 is 24.9 Å². The van der Waals surface area contributed by atoms with Gasteiger partial charge in [0.1, 0.15) is 0 Å². The minimum atomic E-state index is -0.598. The molecule has 0 spiro atoms. The lowest BCUT2D eigenvalue weighted by Gasteiger charge is -2.34. The monoisotopic (exact) mass is 463 g/mol. The number of carbonyl (C=O) groups is 3. The van der Waals surface area contributed by atoms with E-state index in [1.165, 1.54) is 23.1 Å². The fourth-order valence-corrected chi connectivity index (χ4v) is 4.72. The van der Waals surface area contributed by atoms with Crippen LogP contribution in [0.4, 0.5) is 11.4 Å². The molecule has 180 valence electrons. The van der Waals surface area contributed by atoms with E-state index >= 15 is 0 Å². The third-order valence-electron chi connectivity index (χ3n) is 6.76. The van der Waals surface area contributed by atoms with Crippen molar-refractivity contribution < 1.29 is 14.4 Å². The number of hydrogen-bond acceptors (Lipinski definition) is 5. The van der Waals surface area contributed by atoms with Crippen LogP contribution in [0.25, 0.3) is 0 Å². The average Bonchev–Trinajstić information content (AvgIpc) is 3.28. The molecule has 2 aliphatic rings. The van der Waals surface area contributed by atoms with Gasteiger partial charge in [-0.05, 0) is 35.7 Å². The number of hydrogen-bond donors (Lipinski definition) is 1. The van der Waals surface area contributed by atoms with Gasteiger partial charge in [-0.15, -0.1) is 0 Å². The number of rotatable bonds is 5. The smallest absolute Gasteiger partial charge is 0.312 e. The van der Waals surface area contributed by atoms with Gasteiger partial charge in [-0.25, -0.2) is 0 Å². The predicted molar refractivity (Wildman–Crippen MR) is 133 cm³/mol. The third-order valence-corrected chi connectivity index (χ3v) is 6.76. The number of nitrogens with one attached hydrogen (secondary N) is 1. The molecule has 0 aliphatic carbocycles. The summed E-state index contributed by atoms with van der Waals surface area (Å²) in [6.07, 6.45) is 0.954. The second-order valence-electron chi connectivity index (χ2n) is 9.08. The molecule has 2 aliphatic heterocycles. The maximum absolute atomic E-state index is 12.8. The van der Waals surface area contributed by atoms with Crippen molar-refractivity contribution in [2.45, 2.75) is 19.4 Å². The van der Waals surface area contributed by atoms with E-state index in [0.29, 0.717) is 32.7 Å². The minimum absolute atomic E-state index is 0.00873. The van der Waals surface area contributed by atoms with Crippen molar-refractivity contribution in [1.29, 1.82) is 0 Å². The summed E-state index contributed by atoms with van der Waals surface area (Å²) < 4.78 is 0. The molecule has 0 aromatic heterocycles. The SMILES string of the molecule is CC(=O)N1CCN(C(=O)C(=O)NC[C@H](c2ccc(N(C)C)cc2)N2CCc3ccccc32)CC1. The fraction of sp³-hybridized carbons (Fsp3) is 0.423. The fourth-order valence-electron chi connectivity index (χ4n) is 4.72. The number of piperazine rings is 1. The van der Waals surface area contributed by atoms with Crippen molar-refractivity contribution in [3.63, 3.8) is 0 Å². The van der Waals surface area contributed by atoms with Gasteiger partial charge >= 0.3 is 11.8 Å². The molecule has 1 saturated heterocycles. The first-order valence-corrected chi connectivity index (χ1v) is 11.8. The Morgan fingerprint density at radius 2 is 1.56 bits per heavy atom. The molecule has 34 heavy (non-hydrogen) atoms. The zero-order valence-corrected chi connectivity index (χ0v) is 20.2. The van der Waals surface area contributed by atoms with Crippen molar-refractivity contribution in [3.05, 3.63) is 59.7 Å². The Labute approximate surface area is 201 Å². The number of amides is 3. The Hall–Kier alpha value is -3.55. The second kappa shape index (κ2) is 10.2. The van der Waals surface area contributed by atoms with Crippen molar-refractivity contribution in [3.8, 4) is 0 Å². The number of benzene rings is 2. The molecule has 2 heterocycles. The van der Waals surface area contributed by atoms with Gasteiger partial charge in [0.2, 0.25) is 5.91 Å². The summed E-state index contributed by atoms with van der Waals surface area (Å²) in [7, 11) is 4.01. The summed E-state index contributed by atoms with van der Waals surface area (Å²) in [6, 6.07) is 16.6. The van der Waals surface area contributed by atoms with E-state index in [-0.39, 0.29) is 11.9 Å². The number of nitrogens with zero attached hydrogens (tertiary/aromatic N) is 4. The van der Waals surface area contributed by atoms with Crippen LogP contribution in [-0.2, 0) is 20.8 Å². The van der Waals surface area contributed by atoms with Gasteiger partial charge in [-0.3, -0.25) is 14.4 Å². The van der Waals surface area contributed by atoms with Crippen LogP contribution in [0.1, 0.15) is 24.1 Å². The standard InChI is InChI=1S/C26H33N5O3/c1-19(32)29-14-16-30(17-15-29)26(34)25(33)27-18-24(21-8-10-22(11-9-21)28(2)3)31-13-12-20-6-4-5-7-23(20)31/h4-11,24H,12-18H2,1-3H3,(H,27,33)/t24-/m1/s1. The van der Waals surface area contributed by atoms with Crippen LogP contribution in [-0.4, -0.2) is 80.9 Å². The highest BCUT2D eigenvalue weighted by molar-refractivity contribution is 6.35. The Bertz CT molecular complexity index is 1040. The zero-order valence-electron chi connectivity index (χ0n) is 20.2. The van der Waals surface area contributed by atoms with Crippen LogP contribution in [0.3, 0.4) is 0 Å². The van der Waals surface area contributed by atoms with Crippen molar-refractivity contribution in [2.75, 3.05) is 63.2 Å². The van der Waals surface area contributed by atoms with Crippen molar-refractivity contribution in [1.82, 2.24) is 15.1 Å². The molecular weight excluding hydrogens is 430 g/mol. The molecule has 0 bridgehead atoms. The summed E-state index contributed by atoms with van der Waals surface area (Å²) in [6.45, 7) is 4.37. The summed E-state index contributed by atoms with van der Waals surface area (Å²) in [4.78, 5) is 44.7. The molecule has 1 fully saturated rings. The van der Waals surface area contributed by atoms with E-state index in [4.69, 9.17) is 0 Å². The van der Waals surface area contributed by atoms with Gasteiger partial charge in [-0.1, -0.05) is 30.3 Å². The van der Waals surface area contributed by atoms with E-state index in [1.807, 2.05) is 20.2 Å². The average molecular weight is 464 g/mol. The number of carbonyl (C=O) groups excluding carboxylic acids is 3. The Kier molecular flexibility index (Phi) is 7.05. The lowest BCUT2D eigenvalue weighted by molar-refractivity contribution is -0.148. The number of anilines is 2. The molecule has 8 heteroatoms. The Balaban J connectivity index is 1.47. The van der Waals surface area contributed by atoms with Crippen LogP contribution >= 0.6 is 0 Å². The van der Waals surface area contributed by atoms with Crippen molar-refractivity contribution in [2.24, 2.45) is 0 Å². The third kappa shape index (κ3) is 5.00. The normalized spacial score (nSPS) is 16.1. The molecule has 0 unspecified atom stereocenters. The molecular formula is C26H33N5O3. The van der Waals surface area contributed by atoms with E-state index in [1.54, 1.807) is 4.90 Å². The molecule has 1 atom stereocenters. The Morgan fingerprint density at radius 1 is 0.912 bits per heavy atom. The largest absolute Gasteiger partial charge is 0.378 e. The summed E-state index contributed by atoms with van der Waals surface area (Å²) >= 11 is 0. The molecule has 3 amide bonds. The maximum atomic E-state index is 12.8. The quantitative estimate of drug-likeness (QED) is 0.683. The molecule has 4 rings (SSSR count). The molecule has 1 N–H and O–H groups in total. The highest BCUT2D eigenvalue weighted by Gasteiger charge is 2.30. The minimum Gasteiger partial charge on any atom is -0.378 e. The van der Waals surface area contributed by atoms with Crippen LogP contribution in [0.15, 0.2) is 48.5 Å². The lowest BCUT2D eigenvalue weighted by Crippen LogP contribution is -2.54.